The number of carboxylic acids is 1. The first kappa shape index (κ1) is 15.1. The minimum Gasteiger partial charge on any atom is -0.494 e. The fourth-order valence-corrected chi connectivity index (χ4v) is 3.68. The van der Waals surface area contributed by atoms with E-state index in [9.17, 15) is 4.79 Å². The first-order chi connectivity index (χ1) is 10.5. The van der Waals surface area contributed by atoms with Gasteiger partial charge < -0.3 is 9.84 Å². The van der Waals surface area contributed by atoms with Crippen LogP contribution in [0, 0.1) is 0 Å². The second-order valence-electron chi connectivity index (χ2n) is 4.50. The molecule has 0 amide bonds. The van der Waals surface area contributed by atoms with Crippen molar-refractivity contribution in [1.82, 2.24) is 4.98 Å². The highest BCUT2D eigenvalue weighted by atomic mass is 35.5. The third-order valence-corrected chi connectivity index (χ3v) is 4.62. The molecule has 1 aliphatic rings. The third kappa shape index (κ3) is 2.63. The number of hydrogen-bond acceptors (Lipinski definition) is 4. The molecule has 1 aliphatic carbocycles. The van der Waals surface area contributed by atoms with E-state index in [-0.39, 0.29) is 0 Å². The van der Waals surface area contributed by atoms with Gasteiger partial charge in [0, 0.05) is 33.5 Å². The Morgan fingerprint density at radius 3 is 2.86 bits per heavy atom. The van der Waals surface area contributed by atoms with E-state index in [0.717, 1.165) is 16.5 Å². The summed E-state index contributed by atoms with van der Waals surface area (Å²) in [6.45, 7) is 0. The maximum absolute atomic E-state index is 11.1. The maximum atomic E-state index is 11.1. The second kappa shape index (κ2) is 5.76. The molecule has 7 heteroatoms. The van der Waals surface area contributed by atoms with Crippen LogP contribution in [0.2, 0.25) is 9.36 Å². The molecule has 112 valence electrons. The topological polar surface area (TPSA) is 59.4 Å². The zero-order valence-corrected chi connectivity index (χ0v) is 13.6. The normalized spacial score (nSPS) is 14.9. The molecular weight excluding hydrogens is 345 g/mol. The first-order valence-electron chi connectivity index (χ1n) is 6.16. The lowest BCUT2D eigenvalue weighted by molar-refractivity contribution is -0.131. The van der Waals surface area contributed by atoms with Crippen molar-refractivity contribution in [1.29, 1.82) is 0 Å². The summed E-state index contributed by atoms with van der Waals surface area (Å²) in [5, 5.41) is 10.9. The molecule has 0 unspecified atom stereocenters. The Morgan fingerprint density at radius 1 is 1.41 bits per heavy atom. The maximum Gasteiger partial charge on any atom is 0.328 e. The molecule has 2 aromatic rings. The Labute approximate surface area is 139 Å². The highest BCUT2D eigenvalue weighted by Crippen LogP contribution is 2.37. The van der Waals surface area contributed by atoms with Crippen LogP contribution in [0.15, 0.2) is 24.4 Å². The summed E-state index contributed by atoms with van der Waals surface area (Å²) in [7, 11) is 1.54. The molecule has 0 aromatic carbocycles. The van der Waals surface area contributed by atoms with E-state index < -0.39 is 5.97 Å². The van der Waals surface area contributed by atoms with Gasteiger partial charge in [-0.05, 0) is 18.2 Å². The number of carbonyl (C=O) groups is 1. The average Bonchev–Trinajstić information content (AvgIpc) is 2.78. The number of halogens is 2. The monoisotopic (exact) mass is 353 g/mol. The molecule has 1 N–H and O–H groups in total. The molecule has 4 nitrogen and oxygen atoms in total. The molecule has 0 spiro atoms. The number of pyridine rings is 1. The Hall–Kier alpha value is -1.82. The van der Waals surface area contributed by atoms with Gasteiger partial charge in [-0.2, -0.15) is 0 Å². The highest BCUT2D eigenvalue weighted by Gasteiger charge is 2.20. The van der Waals surface area contributed by atoms with Crippen molar-refractivity contribution >= 4 is 57.9 Å². The van der Waals surface area contributed by atoms with Gasteiger partial charge in [-0.1, -0.05) is 23.2 Å². The van der Waals surface area contributed by atoms with Crippen LogP contribution in [0.5, 0.6) is 0 Å². The van der Waals surface area contributed by atoms with Gasteiger partial charge in [0.25, 0.3) is 0 Å². The van der Waals surface area contributed by atoms with Crippen molar-refractivity contribution in [3.8, 4) is 0 Å². The van der Waals surface area contributed by atoms with Gasteiger partial charge in [0.1, 0.15) is 5.35 Å². The summed E-state index contributed by atoms with van der Waals surface area (Å²) >= 11 is 13.4. The fourth-order valence-electron chi connectivity index (χ4n) is 2.31. The van der Waals surface area contributed by atoms with Crippen LogP contribution in [0.3, 0.4) is 0 Å². The molecule has 22 heavy (non-hydrogen) atoms. The van der Waals surface area contributed by atoms with Gasteiger partial charge in [0.2, 0.25) is 0 Å². The number of hydrogen-bond donors (Lipinski definition) is 1. The predicted octanol–water partition coefficient (Wildman–Crippen LogP) is 2.51. The molecule has 0 bridgehead atoms. The number of ether oxygens (including phenoxy) is 1. The van der Waals surface area contributed by atoms with E-state index in [2.05, 4.69) is 4.98 Å². The van der Waals surface area contributed by atoms with Gasteiger partial charge >= 0.3 is 5.97 Å². The van der Waals surface area contributed by atoms with E-state index in [1.807, 2.05) is 0 Å². The van der Waals surface area contributed by atoms with Crippen LogP contribution >= 0.6 is 34.5 Å². The standard InChI is InChI=1S/C15H9Cl2NO3S/c1-21-14-10-5-11(17)22-15(10)8(4-12(19)20)2-7-3-9(16)6-18-13(7)14/h2-6H,1H3,(H,19,20). The number of fused-ring (bicyclic) bond motifs is 2. The summed E-state index contributed by atoms with van der Waals surface area (Å²) in [5.74, 6) is -0.506. The Bertz CT molecular complexity index is 931. The smallest absolute Gasteiger partial charge is 0.328 e. The number of nitrogens with zero attached hydrogens (tertiary/aromatic N) is 1. The lowest BCUT2D eigenvalue weighted by atomic mass is 10.1. The van der Waals surface area contributed by atoms with Crippen LogP contribution < -0.4 is 10.6 Å². The zero-order chi connectivity index (χ0) is 15.9. The Balaban J connectivity index is 2.48. The molecule has 2 aromatic heterocycles. The molecule has 0 atom stereocenters. The fraction of sp³-hybridized carbons (Fsp3) is 0.0667. The Morgan fingerprint density at radius 2 is 2.18 bits per heavy atom. The minimum absolute atomic E-state index is 0.461. The highest BCUT2D eigenvalue weighted by molar-refractivity contribution is 7.17. The van der Waals surface area contributed by atoms with Gasteiger partial charge in [-0.25, -0.2) is 4.79 Å². The third-order valence-electron chi connectivity index (χ3n) is 3.10. The van der Waals surface area contributed by atoms with Crippen molar-refractivity contribution < 1.29 is 14.6 Å². The summed E-state index contributed by atoms with van der Waals surface area (Å²) in [5.41, 5.74) is 1.24. The molecule has 0 saturated heterocycles. The van der Waals surface area contributed by atoms with Crippen molar-refractivity contribution in [2.45, 2.75) is 0 Å². The van der Waals surface area contributed by atoms with Gasteiger partial charge in [-0.3, -0.25) is 4.98 Å². The quantitative estimate of drug-likeness (QED) is 0.842. The Kier molecular flexibility index (Phi) is 3.95. The minimum atomic E-state index is -1.04. The van der Waals surface area contributed by atoms with Gasteiger partial charge in [-0.15, -0.1) is 11.3 Å². The summed E-state index contributed by atoms with van der Waals surface area (Å²) in [6, 6.07) is 3.46. The van der Waals surface area contributed by atoms with E-state index in [0.29, 0.717) is 31.3 Å². The lowest BCUT2D eigenvalue weighted by Gasteiger charge is -2.05. The van der Waals surface area contributed by atoms with Crippen molar-refractivity contribution in [3.05, 3.63) is 54.8 Å². The molecule has 0 radical (unpaired) electrons. The van der Waals surface area contributed by atoms with Crippen LogP contribution in [0.4, 0.5) is 0 Å². The lowest BCUT2D eigenvalue weighted by Crippen LogP contribution is -2.30. The average molecular weight is 354 g/mol. The number of aliphatic carboxylic acids is 1. The number of methoxy groups -OCH3 is 1. The number of allylic oxidation sites excluding steroid dienone is 1. The van der Waals surface area contributed by atoms with Crippen molar-refractivity contribution in [2.75, 3.05) is 7.11 Å². The molecule has 3 rings (SSSR count). The van der Waals surface area contributed by atoms with Gasteiger partial charge in [0.15, 0.2) is 5.76 Å². The van der Waals surface area contributed by atoms with E-state index in [1.54, 1.807) is 18.2 Å². The largest absolute Gasteiger partial charge is 0.494 e. The number of carboxylic acid groups (broad SMARTS) is 1. The zero-order valence-electron chi connectivity index (χ0n) is 11.3. The summed E-state index contributed by atoms with van der Waals surface area (Å²) in [6.07, 6.45) is 4.38. The van der Waals surface area contributed by atoms with E-state index in [4.69, 9.17) is 33.0 Å². The molecule has 0 aliphatic heterocycles. The van der Waals surface area contributed by atoms with Gasteiger partial charge in [0.05, 0.1) is 16.5 Å². The van der Waals surface area contributed by atoms with E-state index in [1.165, 1.54) is 24.6 Å². The molecule has 0 saturated carbocycles. The van der Waals surface area contributed by atoms with Crippen LogP contribution in [0.1, 0.15) is 10.4 Å². The SMILES string of the molecule is COC1=c2ncc(Cl)cc2=CC(=CC(=O)O)c2sc(Cl)cc21. The first-order valence-corrected chi connectivity index (χ1v) is 7.73. The van der Waals surface area contributed by atoms with E-state index >= 15 is 0 Å². The molecule has 0 fully saturated rings. The number of rotatable bonds is 2. The molecule has 2 heterocycles. The van der Waals surface area contributed by atoms with Crippen molar-refractivity contribution in [2.24, 2.45) is 0 Å². The molecular formula is C15H9Cl2NO3S. The predicted molar refractivity (Wildman–Crippen MR) is 87.4 cm³/mol. The summed E-state index contributed by atoms with van der Waals surface area (Å²) < 4.78 is 6.04. The number of aromatic nitrogens is 1. The summed E-state index contributed by atoms with van der Waals surface area (Å²) in [4.78, 5) is 16.2. The van der Waals surface area contributed by atoms with Crippen LogP contribution in [-0.4, -0.2) is 23.2 Å². The van der Waals surface area contributed by atoms with Crippen LogP contribution in [-0.2, 0) is 9.53 Å². The van der Waals surface area contributed by atoms with Crippen molar-refractivity contribution in [3.63, 3.8) is 0 Å². The second-order valence-corrected chi connectivity index (χ2v) is 6.62. The number of thiophene rings is 1. The van der Waals surface area contributed by atoms with Crippen LogP contribution in [0.25, 0.3) is 17.4 Å².